The van der Waals surface area contributed by atoms with E-state index in [4.69, 9.17) is 4.74 Å². The first-order chi connectivity index (χ1) is 15.6. The lowest BCUT2D eigenvalue weighted by molar-refractivity contribution is -0.146. The summed E-state index contributed by atoms with van der Waals surface area (Å²) < 4.78 is 6.62. The molecular weight excluding hydrogens is 422 g/mol. The quantitative estimate of drug-likeness (QED) is 0.541. The molecule has 33 heavy (non-hydrogen) atoms. The number of benzene rings is 1. The van der Waals surface area contributed by atoms with Gasteiger partial charge in [0, 0.05) is 25.9 Å². The van der Waals surface area contributed by atoms with Crippen LogP contribution in [0.2, 0.25) is 0 Å². The molecule has 8 heteroatoms. The number of ether oxygens (including phenoxy) is 1. The molecule has 180 valence electrons. The molecule has 3 heterocycles. The Balaban J connectivity index is 1.77. The van der Waals surface area contributed by atoms with Crippen molar-refractivity contribution in [3.05, 3.63) is 29.3 Å². The zero-order valence-corrected chi connectivity index (χ0v) is 20.1. The first kappa shape index (κ1) is 23.7. The highest BCUT2D eigenvalue weighted by molar-refractivity contribution is 6.04. The Kier molecular flexibility index (Phi) is 6.03. The van der Waals surface area contributed by atoms with Crippen LogP contribution in [-0.4, -0.2) is 65.2 Å². The number of amides is 3. The van der Waals surface area contributed by atoms with Crippen LogP contribution in [-0.2, 0) is 19.1 Å². The molecule has 0 aromatic heterocycles. The maximum absolute atomic E-state index is 13.9. The molecule has 4 rings (SSSR count). The van der Waals surface area contributed by atoms with Crippen LogP contribution in [0.1, 0.15) is 44.2 Å². The molecule has 3 amide bonds. The molecule has 1 spiro atoms. The normalized spacial score (nSPS) is 34.5. The van der Waals surface area contributed by atoms with E-state index in [0.717, 1.165) is 16.8 Å². The van der Waals surface area contributed by atoms with Gasteiger partial charge >= 0.3 is 0 Å². The molecule has 8 nitrogen and oxygen atoms in total. The van der Waals surface area contributed by atoms with Crippen molar-refractivity contribution >= 4 is 23.4 Å². The fourth-order valence-corrected chi connectivity index (χ4v) is 6.43. The third-order valence-electron chi connectivity index (χ3n) is 8.13. The molecule has 3 unspecified atom stereocenters. The lowest BCUT2D eigenvalue weighted by Crippen LogP contribution is -2.54. The van der Waals surface area contributed by atoms with Crippen LogP contribution in [0.4, 0.5) is 5.69 Å². The number of aliphatic hydroxyl groups excluding tert-OH is 1. The average Bonchev–Trinajstić information content (AvgIpc) is 3.27. The zero-order chi connectivity index (χ0) is 24.1. The molecule has 6 atom stereocenters. The zero-order valence-electron chi connectivity index (χ0n) is 20.1. The van der Waals surface area contributed by atoms with E-state index in [1.54, 1.807) is 11.9 Å². The number of nitrogens with zero attached hydrogens (tertiary/aromatic N) is 1. The van der Waals surface area contributed by atoms with E-state index < -0.39 is 29.1 Å². The number of hydrogen-bond donors (Lipinski definition) is 3. The van der Waals surface area contributed by atoms with E-state index in [9.17, 15) is 19.5 Å². The number of nitrogens with one attached hydrogen (secondary N) is 2. The molecule has 0 saturated carbocycles. The first-order valence-corrected chi connectivity index (χ1v) is 11.8. The fraction of sp³-hybridized carbons (Fsp3) is 0.640. The Hall–Kier alpha value is -2.45. The van der Waals surface area contributed by atoms with Gasteiger partial charge < -0.3 is 25.4 Å². The minimum absolute atomic E-state index is 0.0109. The number of aryl methyl sites for hydroxylation is 2. The van der Waals surface area contributed by atoms with Crippen molar-refractivity contribution in [1.29, 1.82) is 0 Å². The lowest BCUT2D eigenvalue weighted by atomic mass is 9.62. The summed E-state index contributed by atoms with van der Waals surface area (Å²) in [7, 11) is 1.57. The smallest absolute Gasteiger partial charge is 0.250 e. The summed E-state index contributed by atoms with van der Waals surface area (Å²) in [5, 5.41) is 15.0. The second-order valence-electron chi connectivity index (χ2n) is 10.0. The predicted octanol–water partition coefficient (Wildman–Crippen LogP) is 1.77. The number of likely N-dealkylation sites (tertiary alicyclic amines) is 1. The monoisotopic (exact) mass is 457 g/mol. The van der Waals surface area contributed by atoms with Gasteiger partial charge in [0.05, 0.1) is 17.4 Å². The van der Waals surface area contributed by atoms with Gasteiger partial charge in [-0.1, -0.05) is 25.1 Å². The summed E-state index contributed by atoms with van der Waals surface area (Å²) >= 11 is 0. The van der Waals surface area contributed by atoms with Crippen molar-refractivity contribution in [2.75, 3.05) is 25.5 Å². The maximum atomic E-state index is 13.9. The van der Waals surface area contributed by atoms with E-state index >= 15 is 0 Å². The summed E-state index contributed by atoms with van der Waals surface area (Å²) in [4.78, 5) is 42.2. The van der Waals surface area contributed by atoms with Gasteiger partial charge in [0.2, 0.25) is 17.7 Å². The van der Waals surface area contributed by atoms with Crippen LogP contribution in [0.3, 0.4) is 0 Å². The molecule has 3 N–H and O–H groups in total. The Morgan fingerprint density at radius 2 is 1.88 bits per heavy atom. The second kappa shape index (κ2) is 8.40. The van der Waals surface area contributed by atoms with Gasteiger partial charge in [-0.2, -0.15) is 0 Å². The van der Waals surface area contributed by atoms with Gasteiger partial charge in [0.1, 0.15) is 11.6 Å². The Morgan fingerprint density at radius 3 is 2.48 bits per heavy atom. The van der Waals surface area contributed by atoms with Gasteiger partial charge in [-0.25, -0.2) is 0 Å². The summed E-state index contributed by atoms with van der Waals surface area (Å²) in [6, 6.07) is 4.97. The third-order valence-corrected chi connectivity index (χ3v) is 8.13. The van der Waals surface area contributed by atoms with Crippen LogP contribution >= 0.6 is 0 Å². The van der Waals surface area contributed by atoms with E-state index in [2.05, 4.69) is 10.6 Å². The topological polar surface area (TPSA) is 108 Å². The molecule has 1 aromatic rings. The number of rotatable bonds is 7. The highest BCUT2D eigenvalue weighted by Crippen LogP contribution is 2.65. The van der Waals surface area contributed by atoms with Crippen LogP contribution in [0, 0.1) is 31.6 Å². The van der Waals surface area contributed by atoms with Gasteiger partial charge in [0.15, 0.2) is 0 Å². The molecule has 1 aromatic carbocycles. The molecule has 3 aliphatic rings. The summed E-state index contributed by atoms with van der Waals surface area (Å²) in [6.45, 7) is 8.14. The summed E-state index contributed by atoms with van der Waals surface area (Å²) in [5.41, 5.74) is 0.749. The maximum Gasteiger partial charge on any atom is 0.250 e. The highest BCUT2D eigenvalue weighted by atomic mass is 16.5. The van der Waals surface area contributed by atoms with Crippen LogP contribution < -0.4 is 10.6 Å². The lowest BCUT2D eigenvalue weighted by Gasteiger charge is -2.36. The summed E-state index contributed by atoms with van der Waals surface area (Å²) in [5.74, 6) is -2.08. The number of carbonyl (C=O) groups excluding carboxylic acids is 3. The number of para-hydroxylation sites is 1. The third kappa shape index (κ3) is 3.37. The van der Waals surface area contributed by atoms with Gasteiger partial charge in [-0.05, 0) is 57.1 Å². The molecule has 3 saturated heterocycles. The van der Waals surface area contributed by atoms with Crippen molar-refractivity contribution in [2.45, 2.75) is 64.2 Å². The number of fused-ring (bicyclic) bond motifs is 1. The van der Waals surface area contributed by atoms with Crippen molar-refractivity contribution < 1.29 is 24.2 Å². The van der Waals surface area contributed by atoms with Crippen LogP contribution in [0.5, 0.6) is 0 Å². The number of anilines is 1. The van der Waals surface area contributed by atoms with Gasteiger partial charge in [-0.15, -0.1) is 0 Å². The Morgan fingerprint density at radius 1 is 1.21 bits per heavy atom. The number of carbonyl (C=O) groups is 3. The first-order valence-electron chi connectivity index (χ1n) is 11.8. The average molecular weight is 458 g/mol. The Labute approximate surface area is 195 Å². The van der Waals surface area contributed by atoms with Crippen LogP contribution in [0.25, 0.3) is 0 Å². The summed E-state index contributed by atoms with van der Waals surface area (Å²) in [6.07, 6.45) is 1.63. The minimum atomic E-state index is -1.05. The van der Waals surface area contributed by atoms with Crippen molar-refractivity contribution in [1.82, 2.24) is 10.2 Å². The molecular formula is C25H35N3O5. The van der Waals surface area contributed by atoms with E-state index in [0.29, 0.717) is 25.8 Å². The molecule has 2 bridgehead atoms. The second-order valence-corrected chi connectivity index (χ2v) is 10.0. The van der Waals surface area contributed by atoms with E-state index in [1.807, 2.05) is 45.9 Å². The fourth-order valence-electron chi connectivity index (χ4n) is 6.43. The Bertz CT molecular complexity index is 961. The van der Waals surface area contributed by atoms with Crippen molar-refractivity contribution in [3.8, 4) is 0 Å². The minimum Gasteiger partial charge on any atom is -0.396 e. The molecule has 3 aliphatic heterocycles. The van der Waals surface area contributed by atoms with Gasteiger partial charge in [-0.3, -0.25) is 14.4 Å². The molecule has 0 radical (unpaired) electrons. The standard InChI is InChI=1S/C25H35N3O5/c1-14-9-8-10-15(2)19(14)27-22(31)20-25-13-16(3)24(4,33-25)17(21(30)26-5)18(25)23(32)28(20)11-6-7-12-29/h8-10,16-18,20,29H,6-7,11-13H2,1-5H3,(H,26,30)(H,27,31)/t16?,17-,18-,20?,24+,25?/m0/s1. The number of unbranched alkanes of at least 4 members (excludes halogenated alkanes) is 1. The van der Waals surface area contributed by atoms with Crippen LogP contribution in [0.15, 0.2) is 18.2 Å². The predicted molar refractivity (Wildman–Crippen MR) is 123 cm³/mol. The largest absolute Gasteiger partial charge is 0.396 e. The van der Waals surface area contributed by atoms with E-state index in [-0.39, 0.29) is 30.2 Å². The van der Waals surface area contributed by atoms with Crippen molar-refractivity contribution in [2.24, 2.45) is 17.8 Å². The molecule has 0 aliphatic carbocycles. The molecule has 3 fully saturated rings. The number of aliphatic hydroxyl groups is 1. The van der Waals surface area contributed by atoms with Gasteiger partial charge in [0.25, 0.3) is 0 Å². The van der Waals surface area contributed by atoms with Crippen molar-refractivity contribution in [3.63, 3.8) is 0 Å². The number of hydrogen-bond acceptors (Lipinski definition) is 5. The van der Waals surface area contributed by atoms with E-state index in [1.165, 1.54) is 0 Å². The highest BCUT2D eigenvalue weighted by Gasteiger charge is 2.79. The SMILES string of the molecule is CNC(=O)[C@@H]1[C@H]2C(=O)N(CCCCO)C(C(=O)Nc3c(C)cccc3C)C23CC(C)[C@@]1(C)O3.